The summed E-state index contributed by atoms with van der Waals surface area (Å²) in [5.74, 6) is 0. The quantitative estimate of drug-likeness (QED) is 0.320. The van der Waals surface area contributed by atoms with Gasteiger partial charge in [-0.1, -0.05) is 0 Å². The number of hydrogen-bond donors (Lipinski definition) is 0. The second-order valence-electron chi connectivity index (χ2n) is 6.71. The molecule has 0 aromatic rings. The van der Waals surface area contributed by atoms with Crippen molar-refractivity contribution in [1.29, 1.82) is 0 Å². The zero-order valence-electron chi connectivity index (χ0n) is 22.7. The van der Waals surface area contributed by atoms with Gasteiger partial charge in [0, 0.05) is 267 Å². The van der Waals surface area contributed by atoms with Crippen LogP contribution in [0.15, 0.2) is 0 Å². The first kappa shape index (κ1) is 123. The van der Waals surface area contributed by atoms with E-state index in [-0.39, 0.29) is 267 Å². The van der Waals surface area contributed by atoms with Gasteiger partial charge in [0.2, 0.25) is 0 Å². The monoisotopic (exact) mass is 2470 g/mol. The van der Waals surface area contributed by atoms with Gasteiger partial charge in [0.15, 0.2) is 0 Å². The van der Waals surface area contributed by atoms with E-state index in [4.69, 9.17) is 0 Å². The van der Waals surface area contributed by atoms with Crippen molar-refractivity contribution in [2.75, 3.05) is 106 Å². The van der Waals surface area contributed by atoms with Crippen molar-refractivity contribution >= 4 is 34.9 Å². The fourth-order valence-corrected chi connectivity index (χ4v) is 0. The minimum Gasteiger partial charge on any atom is -0.312 e. The summed E-state index contributed by atoms with van der Waals surface area (Å²) in [5, 5.41) is 0. The molecule has 204 valence electrons. The zero-order chi connectivity index (χ0) is 17.9. The fourth-order valence-electron chi connectivity index (χ4n) is 0. The molecule has 0 aliphatic rings. The van der Waals surface area contributed by atoms with E-state index in [1.807, 2.05) is 130 Å². The summed E-state index contributed by atoms with van der Waals surface area (Å²) in [5.41, 5.74) is 0. The maximum absolute atomic E-state index is 2.00. The Balaban J connectivity index is -0.00000000485. The molecule has 0 saturated carbocycles. The molecule has 0 spiro atoms. The van der Waals surface area contributed by atoms with E-state index in [1.54, 1.807) is 0 Å². The molecule has 0 amide bonds. The largest absolute Gasteiger partial charge is 0.312 e. The molecule has 0 fully saturated rings. The molecule has 0 N–H and O–H groups in total. The normalized spacial score (nSPS) is 5.45. The number of nitrogens with zero attached hydrogens (tertiary/aromatic N) is 5. The van der Waals surface area contributed by atoms with Crippen LogP contribution in [0.25, 0.3) is 0 Å². The summed E-state index contributed by atoms with van der Waals surface area (Å²) in [6.45, 7) is 0. The van der Waals surface area contributed by atoms with Crippen LogP contribution in [-0.2, 0) is 232 Å². The van der Waals surface area contributed by atoms with Crippen LogP contribution in [-0.4, -0.2) is 165 Å². The first-order valence-electron chi connectivity index (χ1n) is 6.71. The summed E-state index contributed by atoms with van der Waals surface area (Å²) < 4.78 is 0. The third-order valence-electron chi connectivity index (χ3n) is 0. The molecule has 18 heteroatoms. The van der Waals surface area contributed by atoms with Crippen molar-refractivity contribution in [3.63, 3.8) is 0 Å². The fraction of sp³-hybridized carbons (Fsp3) is 1.00. The van der Waals surface area contributed by atoms with Crippen molar-refractivity contribution < 1.29 is 232 Å². The molecule has 0 rings (SSSR count). The van der Waals surface area contributed by atoms with Gasteiger partial charge in [-0.05, 0) is 106 Å². The number of rotatable bonds is 0. The molecular weight excluding hydrogens is 2420 g/mol. The molecule has 5 nitrogen and oxygen atoms in total. The van der Waals surface area contributed by atoms with Crippen LogP contribution in [0.4, 0.5) is 0 Å². The second-order valence-corrected chi connectivity index (χ2v) is 6.71. The van der Waals surface area contributed by atoms with Crippen LogP contribution < -0.4 is 0 Å². The van der Waals surface area contributed by atoms with Gasteiger partial charge in [0.05, 0.1) is 0 Å². The number of hydrogen-bond acceptors (Lipinski definition) is 5. The van der Waals surface area contributed by atoms with Crippen molar-refractivity contribution in [2.24, 2.45) is 0 Å². The van der Waals surface area contributed by atoms with Gasteiger partial charge in [-0.3, -0.25) is 0 Å². The Morgan fingerprint density at radius 1 is 0.212 bits per heavy atom. The average Bonchev–Trinajstić information content (AvgIpc) is 1.94. The van der Waals surface area contributed by atoms with Gasteiger partial charge in [-0.25, -0.2) is 0 Å². The maximum Gasteiger partial charge on any atom is 0 e. The Morgan fingerprint density at radius 2 is 0.212 bits per heavy atom. The molecule has 0 bridgehead atoms. The Hall–Kier alpha value is 8.39. The molecule has 8 radical (unpaired) electrons. The molecule has 0 atom stereocenters. The maximum atomic E-state index is 2.00. The van der Waals surface area contributed by atoms with Gasteiger partial charge >= 0.3 is 0 Å². The predicted molar refractivity (Wildman–Crippen MR) is 110 cm³/mol. The van der Waals surface area contributed by atoms with Crippen molar-refractivity contribution in [3.05, 3.63) is 0 Å². The molecule has 0 aliphatic heterocycles. The Labute approximate surface area is 389 Å². The SMILES string of the molecule is CN(C)C.CN(C)C.CN(C)C.CN(C)C.CN(C)C.[Si].[Sn].[W].[W].[W].[W].[W].[W].[W].[W].[W].[W].[W]. The van der Waals surface area contributed by atoms with E-state index in [9.17, 15) is 0 Å². The van der Waals surface area contributed by atoms with Gasteiger partial charge in [-0.15, -0.1) is 0 Å². The van der Waals surface area contributed by atoms with E-state index >= 15 is 0 Å². The molecular formula is C15H45N5SiSnW11. The predicted octanol–water partition coefficient (Wildman–Crippen LogP) is 0.0999. The van der Waals surface area contributed by atoms with Gasteiger partial charge in [-0.2, -0.15) is 0 Å². The molecule has 0 aromatic carbocycles. The second kappa shape index (κ2) is 115. The molecule has 33 heavy (non-hydrogen) atoms. The molecule has 0 heterocycles. The van der Waals surface area contributed by atoms with Gasteiger partial charge in [0.25, 0.3) is 0 Å². The first-order valence-corrected chi connectivity index (χ1v) is 6.71. The molecule has 0 saturated heterocycles. The summed E-state index contributed by atoms with van der Waals surface area (Å²) in [7, 11) is 30.0. The van der Waals surface area contributed by atoms with Crippen molar-refractivity contribution in [3.8, 4) is 0 Å². The van der Waals surface area contributed by atoms with E-state index in [1.165, 1.54) is 0 Å². The van der Waals surface area contributed by atoms with Crippen LogP contribution in [0.1, 0.15) is 0 Å². The summed E-state index contributed by atoms with van der Waals surface area (Å²) in [6.07, 6.45) is 0. The van der Waals surface area contributed by atoms with E-state index in [0.29, 0.717) is 0 Å². The first-order chi connectivity index (χ1) is 8.66. The van der Waals surface area contributed by atoms with E-state index < -0.39 is 0 Å². The third kappa shape index (κ3) is 846. The Bertz CT molecular complexity index is 117. The van der Waals surface area contributed by atoms with Crippen LogP contribution in [0.2, 0.25) is 0 Å². The van der Waals surface area contributed by atoms with Crippen LogP contribution >= 0.6 is 0 Å². The summed E-state index contributed by atoms with van der Waals surface area (Å²) in [6, 6.07) is 0. The average molecular weight is 2460 g/mol. The van der Waals surface area contributed by atoms with Gasteiger partial charge < -0.3 is 24.5 Å². The third-order valence-corrected chi connectivity index (χ3v) is 0. The standard InChI is InChI=1S/5C3H9N.Si.Sn.11W/c5*1-4(2)3;;;;;;;;;;;;;/h5*1-3H3;;;;;;;;;;;;;. The van der Waals surface area contributed by atoms with Crippen LogP contribution in [0.5, 0.6) is 0 Å². The summed E-state index contributed by atoms with van der Waals surface area (Å²) >= 11 is 0. The molecule has 0 aromatic heterocycles. The topological polar surface area (TPSA) is 16.2 Å². The van der Waals surface area contributed by atoms with E-state index in [0.717, 1.165) is 0 Å². The van der Waals surface area contributed by atoms with Crippen molar-refractivity contribution in [1.82, 2.24) is 24.5 Å². The zero-order valence-corrected chi connectivity index (χ0v) is 58.8. The van der Waals surface area contributed by atoms with Crippen LogP contribution in [0, 0.1) is 0 Å². The van der Waals surface area contributed by atoms with E-state index in [2.05, 4.69) is 0 Å². The van der Waals surface area contributed by atoms with Crippen molar-refractivity contribution in [2.45, 2.75) is 0 Å². The smallest absolute Gasteiger partial charge is 0 e. The minimum atomic E-state index is 0. The molecule has 0 aliphatic carbocycles. The minimum absolute atomic E-state index is 0. The molecule has 0 unspecified atom stereocenters. The van der Waals surface area contributed by atoms with Crippen LogP contribution in [0.3, 0.4) is 0 Å². The Morgan fingerprint density at radius 3 is 0.212 bits per heavy atom. The van der Waals surface area contributed by atoms with Gasteiger partial charge in [0.1, 0.15) is 0 Å². The Kier molecular flexibility index (Phi) is 428. The summed E-state index contributed by atoms with van der Waals surface area (Å²) in [4.78, 5) is 10.0.